The van der Waals surface area contributed by atoms with E-state index in [0.29, 0.717) is 17.0 Å². The lowest BCUT2D eigenvalue weighted by Gasteiger charge is -2.09. The van der Waals surface area contributed by atoms with Crippen molar-refractivity contribution in [2.75, 3.05) is 14.2 Å². The fraction of sp³-hybridized carbons (Fsp3) is 0.250. The number of para-hydroxylation sites is 1. The molecule has 8 heteroatoms. The Balaban J connectivity index is 3.26. The van der Waals surface area contributed by atoms with Crippen LogP contribution in [0.4, 0.5) is 5.69 Å². The van der Waals surface area contributed by atoms with Crippen LogP contribution in [0.3, 0.4) is 0 Å². The molecule has 20 heavy (non-hydrogen) atoms. The number of guanidine groups is 2. The van der Waals surface area contributed by atoms with E-state index in [-0.39, 0.29) is 18.3 Å². The summed E-state index contributed by atoms with van der Waals surface area (Å²) in [5.41, 5.74) is 17.0. The highest BCUT2D eigenvalue weighted by Crippen LogP contribution is 2.31. The second-order valence-electron chi connectivity index (χ2n) is 3.73. The van der Waals surface area contributed by atoms with E-state index in [1.165, 1.54) is 14.2 Å². The molecule has 6 N–H and O–H groups in total. The molecule has 0 saturated carbocycles. The van der Waals surface area contributed by atoms with Crippen LogP contribution in [0.5, 0.6) is 5.75 Å². The van der Waals surface area contributed by atoms with Crippen molar-refractivity contribution in [3.05, 3.63) is 23.8 Å². The van der Waals surface area contributed by atoms with Crippen LogP contribution in [-0.2, 0) is 16.0 Å². The lowest BCUT2D eigenvalue weighted by molar-refractivity contribution is -0.139. The molecule has 1 rings (SSSR count). The Bertz CT molecular complexity index is 550. The fourth-order valence-corrected chi connectivity index (χ4v) is 1.50. The maximum atomic E-state index is 11.4. The van der Waals surface area contributed by atoms with E-state index in [9.17, 15) is 4.79 Å². The largest absolute Gasteiger partial charge is 0.494 e. The van der Waals surface area contributed by atoms with E-state index >= 15 is 0 Å². The number of nitrogens with two attached hydrogens (primary N) is 3. The first kappa shape index (κ1) is 15.3. The van der Waals surface area contributed by atoms with Crippen molar-refractivity contribution in [3.8, 4) is 5.75 Å². The molecule has 1 aromatic rings. The highest BCUT2D eigenvalue weighted by atomic mass is 16.5. The monoisotopic (exact) mass is 279 g/mol. The molecule has 0 saturated heterocycles. The molecular weight excluding hydrogens is 262 g/mol. The third kappa shape index (κ3) is 4.16. The number of rotatable bonds is 4. The zero-order valence-electron chi connectivity index (χ0n) is 11.3. The normalized spacial score (nSPS) is 10.8. The van der Waals surface area contributed by atoms with Crippen LogP contribution in [0, 0.1) is 0 Å². The molecule has 0 radical (unpaired) electrons. The molecule has 0 fully saturated rings. The van der Waals surface area contributed by atoms with Gasteiger partial charge in [0.25, 0.3) is 0 Å². The zero-order chi connectivity index (χ0) is 15.1. The highest BCUT2D eigenvalue weighted by Gasteiger charge is 2.12. The smallest absolute Gasteiger partial charge is 0.310 e. The van der Waals surface area contributed by atoms with Gasteiger partial charge in [-0.05, 0) is 11.6 Å². The van der Waals surface area contributed by atoms with Crippen LogP contribution in [0.2, 0.25) is 0 Å². The lowest BCUT2D eigenvalue weighted by atomic mass is 10.1. The van der Waals surface area contributed by atoms with Crippen molar-refractivity contribution in [2.24, 2.45) is 27.2 Å². The number of aliphatic imine (C=N–C) groups is 2. The van der Waals surface area contributed by atoms with Crippen molar-refractivity contribution >= 4 is 23.6 Å². The minimum absolute atomic E-state index is 0.0294. The molecule has 108 valence electrons. The number of hydrogen-bond donors (Lipinski definition) is 3. The zero-order valence-corrected chi connectivity index (χ0v) is 11.3. The molecule has 0 unspecified atom stereocenters. The quantitative estimate of drug-likeness (QED) is 0.390. The van der Waals surface area contributed by atoms with E-state index < -0.39 is 5.97 Å². The van der Waals surface area contributed by atoms with Crippen molar-refractivity contribution in [2.45, 2.75) is 6.42 Å². The van der Waals surface area contributed by atoms with Gasteiger partial charge in [0.15, 0.2) is 5.96 Å². The molecule has 0 amide bonds. The summed E-state index contributed by atoms with van der Waals surface area (Å²) in [6, 6.07) is 5.12. The average molecular weight is 279 g/mol. The van der Waals surface area contributed by atoms with Crippen LogP contribution in [0.25, 0.3) is 0 Å². The van der Waals surface area contributed by atoms with Crippen LogP contribution in [-0.4, -0.2) is 32.1 Å². The molecule has 0 aliphatic carbocycles. The number of nitrogens with zero attached hydrogens (tertiary/aromatic N) is 2. The number of esters is 1. The summed E-state index contributed by atoms with van der Waals surface area (Å²) in [4.78, 5) is 19.1. The SMILES string of the molecule is COC(=O)Cc1cccc(OC)c1N=C(N)N=C(N)N. The Labute approximate surface area is 116 Å². The van der Waals surface area contributed by atoms with Gasteiger partial charge in [-0.15, -0.1) is 0 Å². The van der Waals surface area contributed by atoms with Crippen molar-refractivity contribution in [1.29, 1.82) is 0 Å². The number of hydrogen-bond acceptors (Lipinski definition) is 4. The van der Waals surface area contributed by atoms with Gasteiger partial charge in [-0.3, -0.25) is 4.79 Å². The Morgan fingerprint density at radius 2 is 1.95 bits per heavy atom. The summed E-state index contributed by atoms with van der Waals surface area (Å²) >= 11 is 0. The van der Waals surface area contributed by atoms with Gasteiger partial charge >= 0.3 is 5.97 Å². The molecule has 1 aromatic carbocycles. The first-order chi connectivity index (χ1) is 9.47. The number of carbonyl (C=O) groups excluding carboxylic acids is 1. The van der Waals surface area contributed by atoms with Crippen molar-refractivity contribution < 1.29 is 14.3 Å². The van der Waals surface area contributed by atoms with E-state index in [1.54, 1.807) is 18.2 Å². The Hall–Kier alpha value is -2.77. The molecule has 8 nitrogen and oxygen atoms in total. The van der Waals surface area contributed by atoms with Gasteiger partial charge in [-0.25, -0.2) is 4.99 Å². The van der Waals surface area contributed by atoms with Gasteiger partial charge in [0.05, 0.1) is 20.6 Å². The molecule has 0 aromatic heterocycles. The van der Waals surface area contributed by atoms with Crippen LogP contribution < -0.4 is 21.9 Å². The Morgan fingerprint density at radius 3 is 2.50 bits per heavy atom. The third-order valence-electron chi connectivity index (χ3n) is 2.33. The first-order valence-corrected chi connectivity index (χ1v) is 5.64. The predicted octanol–water partition coefficient (Wildman–Crippen LogP) is -0.370. The fourth-order valence-electron chi connectivity index (χ4n) is 1.50. The molecule has 0 aliphatic heterocycles. The summed E-state index contributed by atoms with van der Waals surface area (Å²) in [6.07, 6.45) is 0.0294. The molecule has 0 spiro atoms. The summed E-state index contributed by atoms with van der Waals surface area (Å²) in [6.45, 7) is 0. The van der Waals surface area contributed by atoms with Gasteiger partial charge in [-0.2, -0.15) is 4.99 Å². The maximum Gasteiger partial charge on any atom is 0.310 e. The molecule has 0 aliphatic rings. The lowest BCUT2D eigenvalue weighted by Crippen LogP contribution is -2.26. The van der Waals surface area contributed by atoms with E-state index in [1.807, 2.05) is 0 Å². The van der Waals surface area contributed by atoms with E-state index in [0.717, 1.165) is 0 Å². The number of methoxy groups -OCH3 is 2. The minimum Gasteiger partial charge on any atom is -0.494 e. The number of carbonyl (C=O) groups is 1. The summed E-state index contributed by atoms with van der Waals surface area (Å²) < 4.78 is 9.81. The van der Waals surface area contributed by atoms with Crippen LogP contribution in [0.15, 0.2) is 28.2 Å². The highest BCUT2D eigenvalue weighted by molar-refractivity contribution is 5.94. The van der Waals surface area contributed by atoms with Gasteiger partial charge in [0.1, 0.15) is 11.4 Å². The number of ether oxygens (including phenoxy) is 2. The van der Waals surface area contributed by atoms with E-state index in [2.05, 4.69) is 14.7 Å². The third-order valence-corrected chi connectivity index (χ3v) is 2.33. The first-order valence-electron chi connectivity index (χ1n) is 5.64. The maximum absolute atomic E-state index is 11.4. The molecular formula is C12H17N5O3. The summed E-state index contributed by atoms with van der Waals surface area (Å²) in [7, 11) is 2.78. The van der Waals surface area contributed by atoms with Gasteiger partial charge in [0, 0.05) is 0 Å². The second kappa shape index (κ2) is 6.98. The van der Waals surface area contributed by atoms with Crippen molar-refractivity contribution in [3.63, 3.8) is 0 Å². The molecule has 0 bridgehead atoms. The Morgan fingerprint density at radius 1 is 1.25 bits per heavy atom. The molecule has 0 heterocycles. The van der Waals surface area contributed by atoms with Crippen LogP contribution >= 0.6 is 0 Å². The van der Waals surface area contributed by atoms with Crippen molar-refractivity contribution in [1.82, 2.24) is 0 Å². The van der Waals surface area contributed by atoms with Gasteiger partial charge in [-0.1, -0.05) is 12.1 Å². The minimum atomic E-state index is -0.407. The average Bonchev–Trinajstić information content (AvgIpc) is 2.39. The van der Waals surface area contributed by atoms with Gasteiger partial charge in [0.2, 0.25) is 5.96 Å². The summed E-state index contributed by atoms with van der Waals surface area (Å²) in [5.74, 6) is -0.313. The predicted molar refractivity (Wildman–Crippen MR) is 75.8 cm³/mol. The topological polar surface area (TPSA) is 138 Å². The number of benzene rings is 1. The second-order valence-corrected chi connectivity index (χ2v) is 3.73. The van der Waals surface area contributed by atoms with E-state index in [4.69, 9.17) is 21.9 Å². The van der Waals surface area contributed by atoms with Gasteiger partial charge < -0.3 is 26.7 Å². The van der Waals surface area contributed by atoms with Crippen LogP contribution in [0.1, 0.15) is 5.56 Å². The summed E-state index contributed by atoms with van der Waals surface area (Å²) in [5, 5.41) is 0. The Kier molecular flexibility index (Phi) is 5.33. The standard InChI is InChI=1S/C12H17N5O3/c1-19-8-5-3-4-7(6-9(18)20-2)10(8)16-12(15)17-11(13)14/h3-5H,6H2,1-2H3,(H6,13,14,15,16,17). The molecule has 0 atom stereocenters.